The van der Waals surface area contributed by atoms with Crippen molar-refractivity contribution in [3.8, 4) is 33.6 Å². The van der Waals surface area contributed by atoms with E-state index < -0.39 is 8.07 Å². The highest BCUT2D eigenvalue weighted by Gasteiger charge is 2.41. The standard InChI is InChI=1S/C61H44N2Si/c1-43-39-54(44-21-7-2-8-22-44)61(55(40-43)45-23-9-3-10-24-45)63-58-34-20-18-32-52(58)56-41-46(35-38-59(56)63)62-57-33-19-17-31-51(57)53-37-36-50(42-60(53)62)64(47-25-11-4-12-26-47,48-27-13-5-14-28-48)49-29-15-6-16-30-49/h2-42H,1H3. The molecule has 0 atom stereocenters. The minimum absolute atomic E-state index is 1.14. The van der Waals surface area contributed by atoms with Gasteiger partial charge < -0.3 is 9.13 Å². The minimum Gasteiger partial charge on any atom is -0.309 e. The fourth-order valence-electron chi connectivity index (χ4n) is 10.6. The van der Waals surface area contributed by atoms with Crippen molar-refractivity contribution in [2.75, 3.05) is 0 Å². The van der Waals surface area contributed by atoms with Crippen LogP contribution in [0.4, 0.5) is 0 Å². The summed E-state index contributed by atoms with van der Waals surface area (Å²) in [4.78, 5) is 0. The molecule has 10 aromatic carbocycles. The first-order valence-corrected chi connectivity index (χ1v) is 24.2. The Labute approximate surface area is 374 Å². The fraction of sp³-hybridized carbons (Fsp3) is 0.0164. The molecule has 64 heavy (non-hydrogen) atoms. The number of benzene rings is 10. The summed E-state index contributed by atoms with van der Waals surface area (Å²) in [6.07, 6.45) is 0. The van der Waals surface area contributed by atoms with Gasteiger partial charge in [0.05, 0.1) is 27.8 Å². The van der Waals surface area contributed by atoms with Gasteiger partial charge in [0.1, 0.15) is 0 Å². The molecule has 0 amide bonds. The first kappa shape index (κ1) is 37.8. The van der Waals surface area contributed by atoms with E-state index in [1.54, 1.807) is 0 Å². The Balaban J connectivity index is 1.15. The Morgan fingerprint density at radius 3 is 1.25 bits per heavy atom. The van der Waals surface area contributed by atoms with Crippen LogP contribution in [0.25, 0.3) is 77.2 Å². The largest absolute Gasteiger partial charge is 0.309 e. The van der Waals surface area contributed by atoms with E-state index in [-0.39, 0.29) is 0 Å². The number of aryl methyl sites for hydroxylation is 1. The van der Waals surface area contributed by atoms with E-state index in [2.05, 4.69) is 265 Å². The van der Waals surface area contributed by atoms with Crippen LogP contribution in [0.15, 0.2) is 249 Å². The Hall–Kier alpha value is -7.98. The monoisotopic (exact) mass is 832 g/mol. The molecule has 2 nitrogen and oxygen atoms in total. The molecular formula is C61H44N2Si. The van der Waals surface area contributed by atoms with Crippen LogP contribution in [-0.2, 0) is 0 Å². The SMILES string of the molecule is Cc1cc(-c2ccccc2)c(-n2c3ccccc3c3cc(-n4c5ccccc5c5ccc([Si](c6ccccc6)(c6ccccc6)c6ccccc6)cc54)ccc32)c(-c2ccccc2)c1. The van der Waals surface area contributed by atoms with Crippen molar-refractivity contribution in [1.29, 1.82) is 0 Å². The molecule has 0 spiro atoms. The summed E-state index contributed by atoms with van der Waals surface area (Å²) in [5.74, 6) is 0. The molecule has 0 saturated heterocycles. The maximum Gasteiger partial charge on any atom is 0.179 e. The summed E-state index contributed by atoms with van der Waals surface area (Å²) >= 11 is 0. The zero-order valence-electron chi connectivity index (χ0n) is 35.6. The van der Waals surface area contributed by atoms with Crippen LogP contribution in [-0.4, -0.2) is 17.2 Å². The van der Waals surface area contributed by atoms with Gasteiger partial charge in [-0.25, -0.2) is 0 Å². The van der Waals surface area contributed by atoms with Gasteiger partial charge in [-0.15, -0.1) is 0 Å². The zero-order chi connectivity index (χ0) is 42.6. The number of fused-ring (bicyclic) bond motifs is 6. The summed E-state index contributed by atoms with van der Waals surface area (Å²) < 4.78 is 5.03. The molecule has 2 aromatic heterocycles. The van der Waals surface area contributed by atoms with Gasteiger partial charge in [-0.3, -0.25) is 0 Å². The average Bonchev–Trinajstić information content (AvgIpc) is 3.87. The molecule has 0 aliphatic heterocycles. The summed E-state index contributed by atoms with van der Waals surface area (Å²) in [7, 11) is -2.79. The lowest BCUT2D eigenvalue weighted by Gasteiger charge is -2.34. The minimum atomic E-state index is -2.79. The predicted octanol–water partition coefficient (Wildman–Crippen LogP) is 12.9. The lowest BCUT2D eigenvalue weighted by molar-refractivity contribution is 1.16. The van der Waals surface area contributed by atoms with Crippen molar-refractivity contribution >= 4 is 72.4 Å². The van der Waals surface area contributed by atoms with Crippen molar-refractivity contribution < 1.29 is 0 Å². The van der Waals surface area contributed by atoms with E-state index in [1.165, 1.54) is 97.9 Å². The van der Waals surface area contributed by atoms with Crippen LogP contribution in [0.3, 0.4) is 0 Å². The van der Waals surface area contributed by atoms with Crippen LogP contribution in [0, 0.1) is 6.92 Å². The molecule has 0 saturated carbocycles. The number of nitrogens with zero attached hydrogens (tertiary/aromatic N) is 2. The Bertz CT molecular complexity index is 3490. The highest BCUT2D eigenvalue weighted by atomic mass is 28.3. The number of hydrogen-bond acceptors (Lipinski definition) is 0. The Morgan fingerprint density at radius 2 is 0.719 bits per heavy atom. The van der Waals surface area contributed by atoms with Crippen molar-refractivity contribution in [2.24, 2.45) is 0 Å². The van der Waals surface area contributed by atoms with Gasteiger partial charge in [-0.05, 0) is 92.9 Å². The molecule has 0 unspecified atom stereocenters. The van der Waals surface area contributed by atoms with Crippen LogP contribution in [0.5, 0.6) is 0 Å². The number of rotatable bonds is 8. The zero-order valence-corrected chi connectivity index (χ0v) is 36.6. The molecule has 2 heterocycles. The highest BCUT2D eigenvalue weighted by molar-refractivity contribution is 7.20. The van der Waals surface area contributed by atoms with Crippen molar-refractivity contribution in [3.63, 3.8) is 0 Å². The van der Waals surface area contributed by atoms with E-state index in [9.17, 15) is 0 Å². The van der Waals surface area contributed by atoms with Crippen LogP contribution < -0.4 is 20.7 Å². The second-order valence-corrected chi connectivity index (χ2v) is 20.7. The van der Waals surface area contributed by atoms with Crippen molar-refractivity contribution in [1.82, 2.24) is 9.13 Å². The van der Waals surface area contributed by atoms with E-state index in [0.29, 0.717) is 0 Å². The maximum absolute atomic E-state index is 2.79. The maximum atomic E-state index is 2.52. The van der Waals surface area contributed by atoms with Crippen LogP contribution in [0.2, 0.25) is 0 Å². The molecule has 0 aliphatic carbocycles. The van der Waals surface area contributed by atoms with E-state index in [4.69, 9.17) is 0 Å². The molecule has 0 radical (unpaired) electrons. The molecule has 12 aromatic rings. The molecule has 0 fully saturated rings. The third-order valence-electron chi connectivity index (χ3n) is 13.3. The summed E-state index contributed by atoms with van der Waals surface area (Å²) in [5, 5.41) is 10.4. The lowest BCUT2D eigenvalue weighted by Crippen LogP contribution is -2.74. The third-order valence-corrected chi connectivity index (χ3v) is 18.1. The molecular weight excluding hydrogens is 789 g/mol. The first-order valence-electron chi connectivity index (χ1n) is 22.2. The van der Waals surface area contributed by atoms with Gasteiger partial charge in [0.2, 0.25) is 0 Å². The van der Waals surface area contributed by atoms with Crippen molar-refractivity contribution in [2.45, 2.75) is 6.92 Å². The van der Waals surface area contributed by atoms with Gasteiger partial charge >= 0.3 is 0 Å². The third kappa shape index (κ3) is 5.93. The van der Waals surface area contributed by atoms with Gasteiger partial charge in [-0.1, -0.05) is 200 Å². The molecule has 0 N–H and O–H groups in total. The number of aromatic nitrogens is 2. The van der Waals surface area contributed by atoms with Gasteiger partial charge in [0, 0.05) is 38.4 Å². The molecule has 0 aliphatic rings. The Kier molecular flexibility index (Phi) is 9.10. The normalized spacial score (nSPS) is 11.8. The van der Waals surface area contributed by atoms with E-state index in [0.717, 1.165) is 5.69 Å². The van der Waals surface area contributed by atoms with Crippen molar-refractivity contribution in [3.05, 3.63) is 254 Å². The molecule has 302 valence electrons. The first-order chi connectivity index (χ1) is 31.7. The quantitative estimate of drug-likeness (QED) is 0.107. The van der Waals surface area contributed by atoms with Gasteiger partial charge in [0.15, 0.2) is 8.07 Å². The summed E-state index contributed by atoms with van der Waals surface area (Å²) in [6.45, 7) is 2.21. The van der Waals surface area contributed by atoms with Gasteiger partial charge in [-0.2, -0.15) is 0 Å². The van der Waals surface area contributed by atoms with E-state index in [1.807, 2.05) is 0 Å². The second kappa shape index (κ2) is 15.4. The van der Waals surface area contributed by atoms with E-state index >= 15 is 0 Å². The summed E-state index contributed by atoms with van der Waals surface area (Å²) in [5.41, 5.74) is 13.1. The summed E-state index contributed by atoms with van der Waals surface area (Å²) in [6, 6.07) is 92.4. The Morgan fingerprint density at radius 1 is 0.297 bits per heavy atom. The fourth-order valence-corrected chi connectivity index (χ4v) is 15.3. The second-order valence-electron chi connectivity index (χ2n) is 16.9. The molecule has 12 rings (SSSR count). The average molecular weight is 833 g/mol. The highest BCUT2D eigenvalue weighted by Crippen LogP contribution is 2.43. The van der Waals surface area contributed by atoms with Gasteiger partial charge in [0.25, 0.3) is 0 Å². The van der Waals surface area contributed by atoms with Crippen LogP contribution >= 0.6 is 0 Å². The lowest BCUT2D eigenvalue weighted by atomic mass is 9.93. The number of para-hydroxylation sites is 2. The smallest absolute Gasteiger partial charge is 0.179 e. The number of hydrogen-bond donors (Lipinski definition) is 0. The predicted molar refractivity (Wildman–Crippen MR) is 274 cm³/mol. The molecule has 3 heteroatoms. The van der Waals surface area contributed by atoms with Crippen LogP contribution in [0.1, 0.15) is 5.56 Å². The topological polar surface area (TPSA) is 9.86 Å². The molecule has 0 bridgehead atoms.